The van der Waals surface area contributed by atoms with E-state index in [0.29, 0.717) is 30.2 Å². The zero-order valence-electron chi connectivity index (χ0n) is 13.0. The van der Waals surface area contributed by atoms with Crippen molar-refractivity contribution in [1.82, 2.24) is 10.2 Å². The van der Waals surface area contributed by atoms with Crippen LogP contribution in [0.2, 0.25) is 0 Å². The van der Waals surface area contributed by atoms with E-state index in [0.717, 1.165) is 6.54 Å². The molecule has 2 heterocycles. The van der Waals surface area contributed by atoms with Crippen LogP contribution >= 0.6 is 0 Å². The zero-order chi connectivity index (χ0) is 14.7. The van der Waals surface area contributed by atoms with Crippen LogP contribution in [0.5, 0.6) is 0 Å². The molecular formula is C16H28N2O2. The minimum atomic E-state index is -0.522. The minimum absolute atomic E-state index is 0.276. The van der Waals surface area contributed by atoms with E-state index in [1.165, 1.54) is 6.42 Å². The molecule has 0 radical (unpaired) electrons. The Kier molecular flexibility index (Phi) is 5.24. The number of likely N-dealkylation sites (tertiary alicyclic amines) is 1. The lowest BCUT2D eigenvalue weighted by Gasteiger charge is -2.41. The highest BCUT2D eigenvalue weighted by molar-refractivity contribution is 5.02. The Balaban J connectivity index is 1.83. The summed E-state index contributed by atoms with van der Waals surface area (Å²) in [4.78, 5) is 2.42. The Morgan fingerprint density at radius 1 is 1.50 bits per heavy atom. The van der Waals surface area contributed by atoms with Gasteiger partial charge < -0.3 is 19.7 Å². The second kappa shape index (κ2) is 6.74. The SMILES string of the molecule is CC(CC(O)c1ccco1)NC1CC(C)N(C)CC1C. The molecule has 2 rings (SSSR count). The average molecular weight is 280 g/mol. The third-order valence-electron chi connectivity index (χ3n) is 4.56. The van der Waals surface area contributed by atoms with E-state index >= 15 is 0 Å². The molecule has 5 atom stereocenters. The molecule has 1 aliphatic heterocycles. The Labute approximate surface area is 122 Å². The van der Waals surface area contributed by atoms with Gasteiger partial charge in [0.2, 0.25) is 0 Å². The molecule has 1 aliphatic rings. The van der Waals surface area contributed by atoms with E-state index in [9.17, 15) is 5.11 Å². The maximum atomic E-state index is 10.1. The lowest BCUT2D eigenvalue weighted by Crippen LogP contribution is -2.52. The normalized spacial score (nSPS) is 31.1. The first-order valence-corrected chi connectivity index (χ1v) is 7.65. The fraction of sp³-hybridized carbons (Fsp3) is 0.750. The largest absolute Gasteiger partial charge is 0.467 e. The molecule has 1 fully saturated rings. The van der Waals surface area contributed by atoms with Crippen LogP contribution in [0.4, 0.5) is 0 Å². The van der Waals surface area contributed by atoms with Crippen LogP contribution in [0.15, 0.2) is 22.8 Å². The van der Waals surface area contributed by atoms with E-state index < -0.39 is 6.10 Å². The van der Waals surface area contributed by atoms with Gasteiger partial charge in [-0.2, -0.15) is 0 Å². The van der Waals surface area contributed by atoms with Crippen LogP contribution in [0.25, 0.3) is 0 Å². The number of hydrogen-bond acceptors (Lipinski definition) is 4. The third-order valence-corrected chi connectivity index (χ3v) is 4.56. The molecule has 0 spiro atoms. The summed E-state index contributed by atoms with van der Waals surface area (Å²) in [6.45, 7) is 7.85. The van der Waals surface area contributed by atoms with E-state index in [-0.39, 0.29) is 6.04 Å². The summed E-state index contributed by atoms with van der Waals surface area (Å²) in [6, 6.07) is 5.07. The van der Waals surface area contributed by atoms with Gasteiger partial charge in [-0.3, -0.25) is 0 Å². The number of rotatable bonds is 5. The first-order chi connectivity index (χ1) is 9.47. The maximum absolute atomic E-state index is 10.1. The summed E-state index contributed by atoms with van der Waals surface area (Å²) < 4.78 is 5.25. The van der Waals surface area contributed by atoms with Crippen LogP contribution < -0.4 is 5.32 Å². The molecule has 1 aromatic heterocycles. The highest BCUT2D eigenvalue weighted by Gasteiger charge is 2.30. The number of furan rings is 1. The number of aliphatic hydroxyl groups is 1. The molecule has 0 aromatic carbocycles. The van der Waals surface area contributed by atoms with Crippen molar-refractivity contribution in [2.24, 2.45) is 5.92 Å². The molecular weight excluding hydrogens is 252 g/mol. The van der Waals surface area contributed by atoms with Crippen molar-refractivity contribution < 1.29 is 9.52 Å². The number of nitrogens with one attached hydrogen (secondary N) is 1. The lowest BCUT2D eigenvalue weighted by molar-refractivity contribution is 0.0976. The quantitative estimate of drug-likeness (QED) is 0.869. The van der Waals surface area contributed by atoms with Gasteiger partial charge in [0, 0.05) is 24.7 Å². The Morgan fingerprint density at radius 2 is 2.25 bits per heavy atom. The van der Waals surface area contributed by atoms with Gasteiger partial charge in [-0.05, 0) is 51.8 Å². The number of aliphatic hydroxyl groups excluding tert-OH is 1. The highest BCUT2D eigenvalue weighted by atomic mass is 16.4. The molecule has 5 unspecified atom stereocenters. The summed E-state index contributed by atoms with van der Waals surface area (Å²) in [5.41, 5.74) is 0. The van der Waals surface area contributed by atoms with Crippen LogP contribution in [-0.4, -0.2) is 41.7 Å². The van der Waals surface area contributed by atoms with Crippen molar-refractivity contribution in [3.8, 4) is 0 Å². The monoisotopic (exact) mass is 280 g/mol. The highest BCUT2D eigenvalue weighted by Crippen LogP contribution is 2.23. The smallest absolute Gasteiger partial charge is 0.132 e. The van der Waals surface area contributed by atoms with Crippen molar-refractivity contribution in [3.63, 3.8) is 0 Å². The van der Waals surface area contributed by atoms with Gasteiger partial charge in [0.15, 0.2) is 0 Å². The molecule has 114 valence electrons. The fourth-order valence-electron chi connectivity index (χ4n) is 3.14. The molecule has 2 N–H and O–H groups in total. The molecule has 4 nitrogen and oxygen atoms in total. The van der Waals surface area contributed by atoms with Gasteiger partial charge in [-0.1, -0.05) is 6.92 Å². The molecule has 1 aromatic rings. The van der Waals surface area contributed by atoms with Crippen molar-refractivity contribution in [1.29, 1.82) is 0 Å². The van der Waals surface area contributed by atoms with E-state index in [2.05, 4.69) is 38.0 Å². The fourth-order valence-corrected chi connectivity index (χ4v) is 3.14. The summed E-state index contributed by atoms with van der Waals surface area (Å²) >= 11 is 0. The number of hydrogen-bond donors (Lipinski definition) is 2. The summed E-state index contributed by atoms with van der Waals surface area (Å²) in [5.74, 6) is 1.29. The van der Waals surface area contributed by atoms with E-state index in [1.54, 1.807) is 6.26 Å². The van der Waals surface area contributed by atoms with Gasteiger partial charge >= 0.3 is 0 Å². The summed E-state index contributed by atoms with van der Waals surface area (Å²) in [6.07, 6.45) is 2.93. The molecule has 0 aliphatic carbocycles. The molecule has 0 bridgehead atoms. The topological polar surface area (TPSA) is 48.6 Å². The summed E-state index contributed by atoms with van der Waals surface area (Å²) in [5, 5.41) is 13.8. The van der Waals surface area contributed by atoms with Gasteiger partial charge in [0.1, 0.15) is 11.9 Å². The predicted octanol–water partition coefficient (Wildman–Crippen LogP) is 2.41. The molecule has 0 saturated carbocycles. The van der Waals surface area contributed by atoms with Gasteiger partial charge in [-0.15, -0.1) is 0 Å². The van der Waals surface area contributed by atoms with E-state index in [1.807, 2.05) is 12.1 Å². The maximum Gasteiger partial charge on any atom is 0.132 e. The zero-order valence-corrected chi connectivity index (χ0v) is 13.0. The van der Waals surface area contributed by atoms with Gasteiger partial charge in [0.25, 0.3) is 0 Å². The molecule has 0 amide bonds. The second-order valence-corrected chi connectivity index (χ2v) is 6.44. The Bertz CT molecular complexity index is 393. The molecule has 4 heteroatoms. The van der Waals surface area contributed by atoms with Gasteiger partial charge in [0.05, 0.1) is 6.26 Å². The van der Waals surface area contributed by atoms with Crippen LogP contribution in [0, 0.1) is 5.92 Å². The molecule has 20 heavy (non-hydrogen) atoms. The second-order valence-electron chi connectivity index (χ2n) is 6.44. The van der Waals surface area contributed by atoms with Crippen LogP contribution in [0.3, 0.4) is 0 Å². The van der Waals surface area contributed by atoms with Gasteiger partial charge in [-0.25, -0.2) is 0 Å². The first-order valence-electron chi connectivity index (χ1n) is 7.65. The lowest BCUT2D eigenvalue weighted by atomic mass is 9.89. The first kappa shape index (κ1) is 15.5. The Hall–Kier alpha value is -0.840. The third kappa shape index (κ3) is 3.84. The Morgan fingerprint density at radius 3 is 2.90 bits per heavy atom. The van der Waals surface area contributed by atoms with Crippen molar-refractivity contribution in [2.45, 2.75) is 57.8 Å². The predicted molar refractivity (Wildman–Crippen MR) is 80.5 cm³/mol. The van der Waals surface area contributed by atoms with E-state index in [4.69, 9.17) is 4.42 Å². The minimum Gasteiger partial charge on any atom is -0.467 e. The van der Waals surface area contributed by atoms with Crippen molar-refractivity contribution in [3.05, 3.63) is 24.2 Å². The standard InChI is InChI=1S/C16H28N2O2/c1-11-10-18(4)13(3)9-14(11)17-12(2)8-15(19)16-6-5-7-20-16/h5-7,11-15,17,19H,8-10H2,1-4H3. The number of piperidine rings is 1. The number of nitrogens with zero attached hydrogens (tertiary/aromatic N) is 1. The van der Waals surface area contributed by atoms with Crippen molar-refractivity contribution in [2.75, 3.05) is 13.6 Å². The molecule has 1 saturated heterocycles. The average Bonchev–Trinajstić information content (AvgIpc) is 2.89. The summed E-state index contributed by atoms with van der Waals surface area (Å²) in [7, 11) is 2.20. The van der Waals surface area contributed by atoms with Crippen LogP contribution in [0.1, 0.15) is 45.5 Å². The van der Waals surface area contributed by atoms with Crippen molar-refractivity contribution >= 4 is 0 Å². The van der Waals surface area contributed by atoms with Crippen LogP contribution in [-0.2, 0) is 0 Å².